The van der Waals surface area contributed by atoms with Crippen molar-refractivity contribution < 1.29 is 14.6 Å². The Hall–Kier alpha value is -0.570. The number of carboxylic acid groups (broad SMARTS) is 1. The molecule has 1 fully saturated rings. The third kappa shape index (κ3) is 2.08. The highest BCUT2D eigenvalue weighted by Crippen LogP contribution is 2.37. The van der Waals surface area contributed by atoms with Gasteiger partial charge in [0.05, 0.1) is 6.10 Å². The molecule has 1 rings (SSSR count). The molecular formula is C11H20O3. The van der Waals surface area contributed by atoms with Crippen LogP contribution in [0.3, 0.4) is 0 Å². The third-order valence-corrected chi connectivity index (χ3v) is 3.04. The molecule has 0 radical (unpaired) electrons. The normalized spacial score (nSPS) is 33.3. The van der Waals surface area contributed by atoms with Crippen LogP contribution in [0.2, 0.25) is 0 Å². The summed E-state index contributed by atoms with van der Waals surface area (Å²) in [5.41, 5.74) is -0.924. The monoisotopic (exact) mass is 200 g/mol. The van der Waals surface area contributed by atoms with Gasteiger partial charge in [0.15, 0.2) is 5.60 Å². The van der Waals surface area contributed by atoms with Crippen molar-refractivity contribution in [1.29, 1.82) is 0 Å². The maximum Gasteiger partial charge on any atom is 0.336 e. The van der Waals surface area contributed by atoms with E-state index in [1.54, 1.807) is 0 Å². The molecule has 0 aliphatic heterocycles. The van der Waals surface area contributed by atoms with Crippen molar-refractivity contribution in [2.45, 2.75) is 58.2 Å². The Morgan fingerprint density at radius 1 is 1.50 bits per heavy atom. The lowest BCUT2D eigenvalue weighted by Gasteiger charge is -2.40. The molecule has 14 heavy (non-hydrogen) atoms. The summed E-state index contributed by atoms with van der Waals surface area (Å²) in [6.07, 6.45) is 3.67. The molecule has 1 N–H and O–H groups in total. The molecule has 1 saturated carbocycles. The van der Waals surface area contributed by atoms with Gasteiger partial charge in [0.1, 0.15) is 0 Å². The van der Waals surface area contributed by atoms with Crippen LogP contribution in [-0.2, 0) is 9.53 Å². The van der Waals surface area contributed by atoms with Crippen molar-refractivity contribution in [3.8, 4) is 0 Å². The van der Waals surface area contributed by atoms with E-state index in [4.69, 9.17) is 4.74 Å². The van der Waals surface area contributed by atoms with Crippen molar-refractivity contribution in [2.75, 3.05) is 0 Å². The molecule has 1 aliphatic carbocycles. The molecule has 0 heterocycles. The van der Waals surface area contributed by atoms with Crippen LogP contribution in [0.5, 0.6) is 0 Å². The highest BCUT2D eigenvalue weighted by molar-refractivity contribution is 5.78. The number of ether oxygens (including phenoxy) is 1. The first-order chi connectivity index (χ1) is 6.49. The Balaban J connectivity index is 2.83. The van der Waals surface area contributed by atoms with Gasteiger partial charge in [-0.05, 0) is 39.0 Å². The summed E-state index contributed by atoms with van der Waals surface area (Å²) in [6, 6.07) is 0. The minimum atomic E-state index is -0.924. The van der Waals surface area contributed by atoms with Crippen LogP contribution >= 0.6 is 0 Å². The quantitative estimate of drug-likeness (QED) is 0.761. The summed E-state index contributed by atoms with van der Waals surface area (Å²) < 4.78 is 5.65. The van der Waals surface area contributed by atoms with E-state index in [9.17, 15) is 9.90 Å². The third-order valence-electron chi connectivity index (χ3n) is 3.04. The Kier molecular flexibility index (Phi) is 3.53. The smallest absolute Gasteiger partial charge is 0.336 e. The van der Waals surface area contributed by atoms with E-state index in [0.717, 1.165) is 19.3 Å². The van der Waals surface area contributed by atoms with Crippen molar-refractivity contribution >= 4 is 5.97 Å². The molecule has 0 spiro atoms. The van der Waals surface area contributed by atoms with E-state index in [1.165, 1.54) is 0 Å². The largest absolute Gasteiger partial charge is 0.479 e. The summed E-state index contributed by atoms with van der Waals surface area (Å²) in [6.45, 7) is 5.77. The second-order valence-corrected chi connectivity index (χ2v) is 4.51. The molecule has 0 saturated heterocycles. The lowest BCUT2D eigenvalue weighted by molar-refractivity contribution is -0.187. The lowest BCUT2D eigenvalue weighted by atomic mass is 9.76. The lowest BCUT2D eigenvalue weighted by Crippen LogP contribution is -2.50. The maximum absolute atomic E-state index is 11.3. The highest BCUT2D eigenvalue weighted by Gasteiger charge is 2.46. The van der Waals surface area contributed by atoms with Crippen LogP contribution < -0.4 is 0 Å². The Labute approximate surface area is 85.5 Å². The molecule has 3 nitrogen and oxygen atoms in total. The maximum atomic E-state index is 11.3. The number of carbonyl (C=O) groups is 1. The second-order valence-electron chi connectivity index (χ2n) is 4.51. The van der Waals surface area contributed by atoms with Gasteiger partial charge >= 0.3 is 5.97 Å². The molecule has 0 aromatic carbocycles. The first kappa shape index (κ1) is 11.5. The summed E-state index contributed by atoms with van der Waals surface area (Å²) in [4.78, 5) is 11.3. The van der Waals surface area contributed by atoms with Crippen LogP contribution in [0.4, 0.5) is 0 Å². The van der Waals surface area contributed by atoms with Gasteiger partial charge < -0.3 is 9.84 Å². The topological polar surface area (TPSA) is 46.5 Å². The number of aliphatic carboxylic acids is 1. The average Bonchev–Trinajstić information content (AvgIpc) is 2.08. The Morgan fingerprint density at radius 2 is 2.14 bits per heavy atom. The zero-order valence-electron chi connectivity index (χ0n) is 9.25. The molecule has 1 aliphatic rings. The second kappa shape index (κ2) is 4.30. The number of carboxylic acids is 1. The molecule has 2 atom stereocenters. The van der Waals surface area contributed by atoms with Gasteiger partial charge in [-0.1, -0.05) is 13.3 Å². The van der Waals surface area contributed by atoms with Crippen LogP contribution in [-0.4, -0.2) is 22.8 Å². The average molecular weight is 200 g/mol. The standard InChI is InChI=1S/C11H20O3/c1-8(2)14-11(10(12)13)7-5-4-6-9(11)3/h8-9H,4-7H2,1-3H3,(H,12,13). The molecule has 0 aromatic heterocycles. The zero-order chi connectivity index (χ0) is 10.8. The van der Waals surface area contributed by atoms with Crippen LogP contribution in [0.15, 0.2) is 0 Å². The van der Waals surface area contributed by atoms with E-state index in [2.05, 4.69) is 0 Å². The molecule has 0 bridgehead atoms. The predicted octanol–water partition coefficient (Wildman–Crippen LogP) is 2.44. The van der Waals surface area contributed by atoms with Gasteiger partial charge in [0.2, 0.25) is 0 Å². The zero-order valence-corrected chi connectivity index (χ0v) is 9.25. The van der Waals surface area contributed by atoms with E-state index >= 15 is 0 Å². The summed E-state index contributed by atoms with van der Waals surface area (Å²) in [5, 5.41) is 9.28. The fourth-order valence-corrected chi connectivity index (χ4v) is 2.28. The van der Waals surface area contributed by atoms with Crippen molar-refractivity contribution in [3.05, 3.63) is 0 Å². The molecule has 2 unspecified atom stereocenters. The fourth-order valence-electron chi connectivity index (χ4n) is 2.28. The van der Waals surface area contributed by atoms with Gasteiger partial charge in [-0.15, -0.1) is 0 Å². The van der Waals surface area contributed by atoms with Gasteiger partial charge in [-0.2, -0.15) is 0 Å². The summed E-state index contributed by atoms with van der Waals surface area (Å²) in [5.74, 6) is -0.672. The van der Waals surface area contributed by atoms with Gasteiger partial charge in [0.25, 0.3) is 0 Å². The van der Waals surface area contributed by atoms with Gasteiger partial charge in [-0.3, -0.25) is 0 Å². The highest BCUT2D eigenvalue weighted by atomic mass is 16.5. The predicted molar refractivity (Wildman–Crippen MR) is 54.2 cm³/mol. The minimum Gasteiger partial charge on any atom is -0.479 e. The van der Waals surface area contributed by atoms with Crippen LogP contribution in [0.1, 0.15) is 46.5 Å². The molecular weight excluding hydrogens is 180 g/mol. The first-order valence-electron chi connectivity index (χ1n) is 5.40. The van der Waals surface area contributed by atoms with Gasteiger partial charge in [-0.25, -0.2) is 4.79 Å². The van der Waals surface area contributed by atoms with Crippen LogP contribution in [0.25, 0.3) is 0 Å². The molecule has 0 amide bonds. The van der Waals surface area contributed by atoms with E-state index in [1.807, 2.05) is 20.8 Å². The number of rotatable bonds is 3. The Bertz CT molecular complexity index is 213. The number of hydrogen-bond donors (Lipinski definition) is 1. The summed E-state index contributed by atoms with van der Waals surface area (Å²) in [7, 11) is 0. The number of hydrogen-bond acceptors (Lipinski definition) is 2. The minimum absolute atomic E-state index is 0.0216. The summed E-state index contributed by atoms with van der Waals surface area (Å²) >= 11 is 0. The SMILES string of the molecule is CC(C)OC1(C(=O)O)CCCCC1C. The van der Waals surface area contributed by atoms with Crippen molar-refractivity contribution in [3.63, 3.8) is 0 Å². The molecule has 0 aromatic rings. The Morgan fingerprint density at radius 3 is 2.57 bits per heavy atom. The molecule has 82 valence electrons. The van der Waals surface area contributed by atoms with Crippen molar-refractivity contribution in [1.82, 2.24) is 0 Å². The first-order valence-corrected chi connectivity index (χ1v) is 5.40. The van der Waals surface area contributed by atoms with E-state index < -0.39 is 11.6 Å². The van der Waals surface area contributed by atoms with Crippen LogP contribution in [0, 0.1) is 5.92 Å². The van der Waals surface area contributed by atoms with Crippen molar-refractivity contribution in [2.24, 2.45) is 5.92 Å². The van der Waals surface area contributed by atoms with Gasteiger partial charge in [0, 0.05) is 0 Å². The van der Waals surface area contributed by atoms with E-state index in [0.29, 0.717) is 6.42 Å². The fraction of sp³-hybridized carbons (Fsp3) is 0.909. The van der Waals surface area contributed by atoms with E-state index in [-0.39, 0.29) is 12.0 Å². The molecule has 3 heteroatoms.